The standard InChI is InChI=1S/C22H23F2N3O3.C2H6/c1-3-15(13-27-9-11-29-12-10-27)8-7-14(2)20-19(21(25)28)26-22(30-20)18-16(23)5-4-6-17(18)24;1-2/h3-8H,1,9-13H2,2H3,(H2,25,28);1-2H3/b14-7+,15-8+;. The highest BCUT2D eigenvalue weighted by molar-refractivity contribution is 5.95. The van der Waals surface area contributed by atoms with Gasteiger partial charge in [0.2, 0.25) is 5.89 Å². The molecule has 6 nitrogen and oxygen atoms in total. The number of halogens is 2. The number of benzene rings is 1. The number of primary amides is 1. The Morgan fingerprint density at radius 3 is 2.41 bits per heavy atom. The van der Waals surface area contributed by atoms with Gasteiger partial charge in [-0.25, -0.2) is 13.8 Å². The molecule has 2 heterocycles. The molecule has 1 saturated heterocycles. The Morgan fingerprint density at radius 1 is 1.22 bits per heavy atom. The van der Waals surface area contributed by atoms with Crippen LogP contribution in [0.15, 0.2) is 53.0 Å². The van der Waals surface area contributed by atoms with Gasteiger partial charge in [-0.3, -0.25) is 9.69 Å². The Labute approximate surface area is 187 Å². The van der Waals surface area contributed by atoms with E-state index >= 15 is 0 Å². The fourth-order valence-corrected chi connectivity index (χ4v) is 3.07. The average molecular weight is 446 g/mol. The Bertz CT molecular complexity index is 986. The van der Waals surface area contributed by atoms with Gasteiger partial charge in [-0.15, -0.1) is 0 Å². The van der Waals surface area contributed by atoms with Crippen LogP contribution in [0.25, 0.3) is 17.0 Å². The van der Waals surface area contributed by atoms with E-state index in [-0.39, 0.29) is 17.3 Å². The number of ether oxygens (including phenoxy) is 1. The monoisotopic (exact) mass is 445 g/mol. The van der Waals surface area contributed by atoms with E-state index in [0.717, 1.165) is 30.8 Å². The molecular weight excluding hydrogens is 416 g/mol. The molecular formula is C24H29F2N3O3. The molecule has 2 N–H and O–H groups in total. The number of aromatic nitrogens is 1. The summed E-state index contributed by atoms with van der Waals surface area (Å²) in [6, 6.07) is 3.40. The molecule has 32 heavy (non-hydrogen) atoms. The normalized spacial score (nSPS) is 15.2. The lowest BCUT2D eigenvalue weighted by Gasteiger charge is -2.26. The van der Waals surface area contributed by atoms with Crippen molar-refractivity contribution in [2.45, 2.75) is 20.8 Å². The van der Waals surface area contributed by atoms with Crippen molar-refractivity contribution in [3.63, 3.8) is 0 Å². The van der Waals surface area contributed by atoms with Gasteiger partial charge in [0.15, 0.2) is 11.5 Å². The zero-order chi connectivity index (χ0) is 23.7. The van der Waals surface area contributed by atoms with Crippen molar-refractivity contribution in [2.24, 2.45) is 5.73 Å². The van der Waals surface area contributed by atoms with Crippen LogP contribution in [0.1, 0.15) is 37.0 Å². The first-order valence-electron chi connectivity index (χ1n) is 10.5. The number of rotatable bonds is 7. The quantitative estimate of drug-likeness (QED) is 0.631. The third kappa shape index (κ3) is 6.21. The molecule has 0 radical (unpaired) electrons. The number of nitrogens with zero attached hydrogens (tertiary/aromatic N) is 2. The van der Waals surface area contributed by atoms with E-state index in [1.807, 2.05) is 19.9 Å². The van der Waals surface area contributed by atoms with Gasteiger partial charge in [0, 0.05) is 19.6 Å². The maximum Gasteiger partial charge on any atom is 0.271 e. The maximum absolute atomic E-state index is 14.1. The van der Waals surface area contributed by atoms with Crippen LogP contribution in [0.3, 0.4) is 0 Å². The number of carbonyl (C=O) groups is 1. The van der Waals surface area contributed by atoms with Crippen molar-refractivity contribution in [1.82, 2.24) is 9.88 Å². The van der Waals surface area contributed by atoms with Gasteiger partial charge >= 0.3 is 0 Å². The number of morpholine rings is 1. The third-order valence-corrected chi connectivity index (χ3v) is 4.71. The molecule has 1 amide bonds. The number of amides is 1. The van der Waals surface area contributed by atoms with E-state index < -0.39 is 23.1 Å². The van der Waals surface area contributed by atoms with Crippen LogP contribution in [-0.2, 0) is 4.74 Å². The number of nitrogens with two attached hydrogens (primary N) is 1. The summed E-state index contributed by atoms with van der Waals surface area (Å²) >= 11 is 0. The number of hydrogen-bond acceptors (Lipinski definition) is 5. The molecule has 0 bridgehead atoms. The Morgan fingerprint density at radius 2 is 1.84 bits per heavy atom. The summed E-state index contributed by atoms with van der Waals surface area (Å²) in [6.45, 7) is 13.3. The van der Waals surface area contributed by atoms with Crippen LogP contribution in [0.2, 0.25) is 0 Å². The Hall–Kier alpha value is -3.10. The molecule has 1 aliphatic heterocycles. The number of hydrogen-bond donors (Lipinski definition) is 1. The van der Waals surface area contributed by atoms with Crippen LogP contribution in [-0.4, -0.2) is 48.6 Å². The molecule has 1 fully saturated rings. The summed E-state index contributed by atoms with van der Waals surface area (Å²) < 4.78 is 39.1. The van der Waals surface area contributed by atoms with Crippen molar-refractivity contribution < 1.29 is 22.7 Å². The number of oxazole rings is 1. The first-order chi connectivity index (χ1) is 15.4. The third-order valence-electron chi connectivity index (χ3n) is 4.71. The topological polar surface area (TPSA) is 81.6 Å². The lowest BCUT2D eigenvalue weighted by atomic mass is 10.1. The Balaban J connectivity index is 0.00000176. The van der Waals surface area contributed by atoms with E-state index in [1.54, 1.807) is 19.1 Å². The fourth-order valence-electron chi connectivity index (χ4n) is 3.07. The van der Waals surface area contributed by atoms with Crippen molar-refractivity contribution in [3.05, 3.63) is 71.7 Å². The van der Waals surface area contributed by atoms with Gasteiger partial charge in [0.25, 0.3) is 5.91 Å². The van der Waals surface area contributed by atoms with Crippen LogP contribution in [0, 0.1) is 11.6 Å². The van der Waals surface area contributed by atoms with Crippen LogP contribution in [0.5, 0.6) is 0 Å². The van der Waals surface area contributed by atoms with Crippen molar-refractivity contribution >= 4 is 11.5 Å². The summed E-state index contributed by atoms with van der Waals surface area (Å²) in [4.78, 5) is 18.0. The molecule has 1 aliphatic rings. The highest BCUT2D eigenvalue weighted by Gasteiger charge is 2.23. The van der Waals surface area contributed by atoms with Gasteiger partial charge in [-0.1, -0.05) is 44.7 Å². The van der Waals surface area contributed by atoms with Gasteiger partial charge in [0.05, 0.1) is 13.2 Å². The highest BCUT2D eigenvalue weighted by atomic mass is 19.1. The van der Waals surface area contributed by atoms with Crippen LogP contribution >= 0.6 is 0 Å². The van der Waals surface area contributed by atoms with Gasteiger partial charge in [-0.2, -0.15) is 0 Å². The molecule has 0 spiro atoms. The van der Waals surface area contributed by atoms with Crippen LogP contribution < -0.4 is 5.73 Å². The van der Waals surface area contributed by atoms with Crippen molar-refractivity contribution in [3.8, 4) is 11.5 Å². The second-order valence-corrected chi connectivity index (χ2v) is 6.84. The smallest absolute Gasteiger partial charge is 0.271 e. The minimum Gasteiger partial charge on any atom is -0.435 e. The average Bonchev–Trinajstić information content (AvgIpc) is 3.24. The lowest BCUT2D eigenvalue weighted by Crippen LogP contribution is -2.37. The van der Waals surface area contributed by atoms with E-state index in [4.69, 9.17) is 14.9 Å². The molecule has 172 valence electrons. The second-order valence-electron chi connectivity index (χ2n) is 6.84. The zero-order valence-electron chi connectivity index (χ0n) is 18.7. The second kappa shape index (κ2) is 12.1. The van der Waals surface area contributed by atoms with E-state index in [9.17, 15) is 13.6 Å². The van der Waals surface area contributed by atoms with E-state index in [0.29, 0.717) is 25.3 Å². The maximum atomic E-state index is 14.1. The molecule has 0 aliphatic carbocycles. The van der Waals surface area contributed by atoms with Crippen molar-refractivity contribution in [1.29, 1.82) is 0 Å². The lowest BCUT2D eigenvalue weighted by molar-refractivity contribution is 0.0426. The summed E-state index contributed by atoms with van der Waals surface area (Å²) in [5.74, 6) is -2.83. The van der Waals surface area contributed by atoms with Gasteiger partial charge in [-0.05, 0) is 30.2 Å². The molecule has 0 atom stereocenters. The van der Waals surface area contributed by atoms with Gasteiger partial charge < -0.3 is 14.9 Å². The molecule has 3 rings (SSSR count). The first-order valence-corrected chi connectivity index (χ1v) is 10.5. The summed E-state index contributed by atoms with van der Waals surface area (Å²) in [5, 5.41) is 0. The first kappa shape index (κ1) is 25.2. The SMILES string of the molecule is C=C/C(=C\C=C(/C)c1oc(-c2c(F)cccc2F)nc1C(N)=O)CN1CCOCC1.CC. The fraction of sp³-hybridized carbons (Fsp3) is 0.333. The predicted octanol–water partition coefficient (Wildman–Crippen LogP) is 4.59. The van der Waals surface area contributed by atoms with E-state index in [2.05, 4.69) is 16.5 Å². The molecule has 0 unspecified atom stereocenters. The van der Waals surface area contributed by atoms with Gasteiger partial charge in [0.1, 0.15) is 17.2 Å². The summed E-state index contributed by atoms with van der Waals surface area (Å²) in [6.07, 6.45) is 5.31. The minimum absolute atomic E-state index is 0.0613. The van der Waals surface area contributed by atoms with Crippen molar-refractivity contribution in [2.75, 3.05) is 32.8 Å². The minimum atomic E-state index is -0.856. The molecule has 2 aromatic rings. The molecule has 8 heteroatoms. The molecule has 0 saturated carbocycles. The highest BCUT2D eigenvalue weighted by Crippen LogP contribution is 2.30. The number of allylic oxidation sites excluding steroid dienone is 3. The summed E-state index contributed by atoms with van der Waals surface area (Å²) in [7, 11) is 0. The largest absolute Gasteiger partial charge is 0.435 e. The Kier molecular flexibility index (Phi) is 9.49. The van der Waals surface area contributed by atoms with Crippen LogP contribution in [0.4, 0.5) is 8.78 Å². The summed E-state index contributed by atoms with van der Waals surface area (Å²) in [5.41, 5.74) is 6.24. The molecule has 1 aromatic heterocycles. The molecule has 1 aromatic carbocycles. The van der Waals surface area contributed by atoms with E-state index in [1.165, 1.54) is 6.07 Å². The zero-order valence-corrected chi connectivity index (χ0v) is 18.7. The number of carbonyl (C=O) groups excluding carboxylic acids is 1. The predicted molar refractivity (Wildman–Crippen MR) is 121 cm³/mol.